The summed E-state index contributed by atoms with van der Waals surface area (Å²) in [6, 6.07) is 7.56. The molecule has 1 aromatic carbocycles. The molecule has 0 amide bonds. The molecule has 1 atom stereocenters. The monoisotopic (exact) mass is 282 g/mol. The lowest BCUT2D eigenvalue weighted by molar-refractivity contribution is -0.149. The third-order valence-corrected chi connectivity index (χ3v) is 3.98. The molecule has 0 bridgehead atoms. The van der Waals surface area contributed by atoms with Crippen LogP contribution in [0.25, 0.3) is 0 Å². The van der Waals surface area contributed by atoms with Gasteiger partial charge < -0.3 is 9.47 Å². The molecule has 0 saturated heterocycles. The van der Waals surface area contributed by atoms with Crippen LogP contribution in [-0.2, 0) is 24.1 Å². The van der Waals surface area contributed by atoms with Crippen LogP contribution in [0.5, 0.6) is 0 Å². The summed E-state index contributed by atoms with van der Waals surface area (Å²) in [4.78, 5) is 11.7. The van der Waals surface area contributed by atoms with E-state index in [-0.39, 0.29) is 18.1 Å². The predicted molar refractivity (Wildman–Crippen MR) is 68.8 cm³/mol. The van der Waals surface area contributed by atoms with E-state index in [2.05, 4.69) is 10.7 Å². The van der Waals surface area contributed by atoms with E-state index in [9.17, 15) is 13.2 Å². The highest BCUT2D eigenvalue weighted by Gasteiger charge is 2.36. The molecule has 0 aromatic heterocycles. The minimum absolute atomic E-state index is 0.00823. The third-order valence-electron chi connectivity index (χ3n) is 2.16. The van der Waals surface area contributed by atoms with Gasteiger partial charge in [0.05, 0.1) is 4.90 Å². The fraction of sp³-hybridized carbons (Fsp3) is 0.308. The number of ether oxygens (including phenoxy) is 2. The Labute approximate surface area is 112 Å². The van der Waals surface area contributed by atoms with Crippen LogP contribution < -0.4 is 0 Å². The zero-order valence-electron chi connectivity index (χ0n) is 10.4. The Bertz CT molecular complexity index is 556. The van der Waals surface area contributed by atoms with Crippen molar-refractivity contribution < 1.29 is 22.7 Å². The van der Waals surface area contributed by atoms with E-state index in [0.717, 1.165) is 0 Å². The largest absolute Gasteiger partial charge is 0.450 e. The van der Waals surface area contributed by atoms with Crippen molar-refractivity contribution in [1.82, 2.24) is 0 Å². The minimum atomic E-state index is -3.96. The highest BCUT2D eigenvalue weighted by Crippen LogP contribution is 2.17. The summed E-state index contributed by atoms with van der Waals surface area (Å²) in [6.45, 7) is 1.34. The van der Waals surface area contributed by atoms with Crippen molar-refractivity contribution in [3.63, 3.8) is 0 Å². The van der Waals surface area contributed by atoms with Crippen LogP contribution in [0, 0.1) is 12.3 Å². The van der Waals surface area contributed by atoms with E-state index in [1.54, 1.807) is 25.1 Å². The van der Waals surface area contributed by atoms with Gasteiger partial charge in [0, 0.05) is 6.61 Å². The fourth-order valence-electron chi connectivity index (χ4n) is 1.35. The summed E-state index contributed by atoms with van der Waals surface area (Å²) in [5.74, 6) is 1.08. The lowest BCUT2D eigenvalue weighted by Gasteiger charge is -2.15. The number of hydrogen-bond donors (Lipinski definition) is 0. The summed E-state index contributed by atoms with van der Waals surface area (Å²) in [7, 11) is -3.96. The van der Waals surface area contributed by atoms with Gasteiger partial charge in [0.25, 0.3) is 5.44 Å². The Kier molecular flexibility index (Phi) is 5.55. The topological polar surface area (TPSA) is 69.7 Å². The number of esters is 1. The Balaban J connectivity index is 3.05. The number of benzene rings is 1. The number of sulfone groups is 1. The van der Waals surface area contributed by atoms with Crippen molar-refractivity contribution in [2.75, 3.05) is 13.2 Å². The molecule has 0 spiro atoms. The number of carbonyl (C=O) groups excluding carboxylic acids is 1. The van der Waals surface area contributed by atoms with E-state index in [4.69, 9.17) is 11.2 Å². The molecule has 0 saturated carbocycles. The van der Waals surface area contributed by atoms with Crippen LogP contribution in [0.3, 0.4) is 0 Å². The van der Waals surface area contributed by atoms with Gasteiger partial charge in [-0.15, -0.1) is 6.42 Å². The molecule has 1 aromatic rings. The molecule has 6 heteroatoms. The number of rotatable bonds is 6. The van der Waals surface area contributed by atoms with Crippen molar-refractivity contribution >= 4 is 15.8 Å². The first-order valence-corrected chi connectivity index (χ1v) is 7.09. The molecule has 19 heavy (non-hydrogen) atoms. The quantitative estimate of drug-likeness (QED) is 0.575. The summed E-state index contributed by atoms with van der Waals surface area (Å²) < 4.78 is 34.1. The van der Waals surface area contributed by atoms with E-state index in [1.165, 1.54) is 12.1 Å². The number of carbonyl (C=O) groups is 1. The van der Waals surface area contributed by atoms with E-state index in [1.807, 2.05) is 0 Å². The van der Waals surface area contributed by atoms with Crippen molar-refractivity contribution in [3.8, 4) is 12.3 Å². The first kappa shape index (κ1) is 15.2. The molecule has 0 N–H and O–H groups in total. The molecule has 0 fully saturated rings. The van der Waals surface area contributed by atoms with Crippen LogP contribution in [-0.4, -0.2) is 33.0 Å². The highest BCUT2D eigenvalue weighted by molar-refractivity contribution is 7.92. The number of terminal acetylenes is 1. The molecule has 5 nitrogen and oxygen atoms in total. The average molecular weight is 282 g/mol. The fourth-order valence-corrected chi connectivity index (χ4v) is 2.77. The zero-order chi connectivity index (χ0) is 14.3. The molecular weight excluding hydrogens is 268 g/mol. The first-order valence-electron chi connectivity index (χ1n) is 5.54. The van der Waals surface area contributed by atoms with Gasteiger partial charge in [0.15, 0.2) is 6.61 Å². The summed E-state index contributed by atoms with van der Waals surface area (Å²) in [5, 5.41) is 0. The molecule has 0 aliphatic heterocycles. The maximum atomic E-state index is 12.2. The Morgan fingerprint density at radius 3 is 2.53 bits per heavy atom. The second-order valence-electron chi connectivity index (χ2n) is 3.46. The molecule has 1 unspecified atom stereocenters. The van der Waals surface area contributed by atoms with Crippen molar-refractivity contribution in [2.45, 2.75) is 17.3 Å². The maximum Gasteiger partial charge on any atom is 0.352 e. The average Bonchev–Trinajstić information content (AvgIpc) is 2.43. The normalized spacial score (nSPS) is 12.4. The summed E-state index contributed by atoms with van der Waals surface area (Å²) in [5.41, 5.74) is -1.70. The zero-order valence-corrected chi connectivity index (χ0v) is 11.2. The summed E-state index contributed by atoms with van der Waals surface area (Å²) >= 11 is 0. The second-order valence-corrected chi connectivity index (χ2v) is 5.45. The second kappa shape index (κ2) is 6.92. The van der Waals surface area contributed by atoms with Gasteiger partial charge in [-0.05, 0) is 19.1 Å². The Morgan fingerprint density at radius 2 is 2.00 bits per heavy atom. The van der Waals surface area contributed by atoms with Crippen LogP contribution in [0.4, 0.5) is 0 Å². The lowest BCUT2D eigenvalue weighted by Crippen LogP contribution is -2.35. The molecule has 102 valence electrons. The van der Waals surface area contributed by atoms with Crippen molar-refractivity contribution in [1.29, 1.82) is 0 Å². The molecule has 0 aliphatic carbocycles. The Morgan fingerprint density at radius 1 is 1.37 bits per heavy atom. The molecule has 0 aliphatic rings. The predicted octanol–water partition coefficient (Wildman–Crippen LogP) is 0.999. The lowest BCUT2D eigenvalue weighted by atomic mass is 10.4. The van der Waals surface area contributed by atoms with Gasteiger partial charge in [0.1, 0.15) is 0 Å². The van der Waals surface area contributed by atoms with Crippen LogP contribution in [0.1, 0.15) is 6.92 Å². The standard InChI is InChI=1S/C13H14O5S/c1-3-10-18-12(14)13(17-4-2)19(15,16)11-8-6-5-7-9-11/h1,5-9,13H,4,10H2,2H3. The SMILES string of the molecule is C#CCOC(=O)C(OCC)S(=O)(=O)c1ccccc1. The molecule has 0 radical (unpaired) electrons. The van der Waals surface area contributed by atoms with E-state index >= 15 is 0 Å². The maximum absolute atomic E-state index is 12.2. The van der Waals surface area contributed by atoms with E-state index < -0.39 is 21.2 Å². The molecule has 1 rings (SSSR count). The third kappa shape index (κ3) is 3.81. The highest BCUT2D eigenvalue weighted by atomic mass is 32.2. The molecule has 0 heterocycles. The van der Waals surface area contributed by atoms with Crippen molar-refractivity contribution in [3.05, 3.63) is 30.3 Å². The van der Waals surface area contributed by atoms with Gasteiger partial charge in [-0.3, -0.25) is 0 Å². The van der Waals surface area contributed by atoms with Crippen LogP contribution >= 0.6 is 0 Å². The van der Waals surface area contributed by atoms with Gasteiger partial charge in [-0.2, -0.15) is 0 Å². The first-order chi connectivity index (χ1) is 9.04. The van der Waals surface area contributed by atoms with Gasteiger partial charge in [-0.25, -0.2) is 13.2 Å². The minimum Gasteiger partial charge on any atom is -0.450 e. The van der Waals surface area contributed by atoms with Gasteiger partial charge in [-0.1, -0.05) is 24.1 Å². The van der Waals surface area contributed by atoms with Gasteiger partial charge in [0.2, 0.25) is 9.84 Å². The number of hydrogen-bond acceptors (Lipinski definition) is 5. The van der Waals surface area contributed by atoms with Crippen molar-refractivity contribution in [2.24, 2.45) is 0 Å². The Hall–Kier alpha value is -1.84. The van der Waals surface area contributed by atoms with Crippen LogP contribution in [0.15, 0.2) is 35.2 Å². The van der Waals surface area contributed by atoms with E-state index in [0.29, 0.717) is 0 Å². The van der Waals surface area contributed by atoms with Gasteiger partial charge >= 0.3 is 5.97 Å². The molecular formula is C13H14O5S. The summed E-state index contributed by atoms with van der Waals surface area (Å²) in [6.07, 6.45) is 4.95. The smallest absolute Gasteiger partial charge is 0.352 e. The van der Waals surface area contributed by atoms with Crippen LogP contribution in [0.2, 0.25) is 0 Å².